The number of nitrogens with one attached hydrogen (secondary N) is 1. The van der Waals surface area contributed by atoms with Crippen molar-refractivity contribution in [3.63, 3.8) is 0 Å². The Hall–Kier alpha value is -2.53. The van der Waals surface area contributed by atoms with Crippen molar-refractivity contribution in [3.05, 3.63) is 72.2 Å². The molecule has 0 amide bonds. The van der Waals surface area contributed by atoms with E-state index in [0.29, 0.717) is 11.3 Å². The van der Waals surface area contributed by atoms with E-state index in [0.717, 1.165) is 22.4 Å². The number of benzene rings is 2. The van der Waals surface area contributed by atoms with Crippen LogP contribution in [-0.4, -0.2) is 6.29 Å². The number of anilines is 1. The largest absolute Gasteiger partial charge is 0.464 e. The first kappa shape index (κ1) is 14.4. The van der Waals surface area contributed by atoms with Crippen LogP contribution in [0.4, 0.5) is 10.1 Å². The molecule has 1 heterocycles. The second kappa shape index (κ2) is 6.49. The van der Waals surface area contributed by atoms with Crippen molar-refractivity contribution >= 4 is 23.9 Å². The highest BCUT2D eigenvalue weighted by molar-refractivity contribution is 8.00. The number of hydrogen-bond donors (Lipinski definition) is 1. The van der Waals surface area contributed by atoms with Gasteiger partial charge in [0.25, 0.3) is 0 Å². The van der Waals surface area contributed by atoms with Crippen LogP contribution in [0.1, 0.15) is 10.4 Å². The summed E-state index contributed by atoms with van der Waals surface area (Å²) in [7, 11) is 0. The van der Waals surface area contributed by atoms with Crippen molar-refractivity contribution < 1.29 is 13.6 Å². The molecule has 1 aromatic heterocycles. The van der Waals surface area contributed by atoms with E-state index in [2.05, 4.69) is 4.72 Å². The molecule has 0 spiro atoms. The van der Waals surface area contributed by atoms with Gasteiger partial charge in [-0.05, 0) is 60.5 Å². The van der Waals surface area contributed by atoms with Gasteiger partial charge in [-0.3, -0.25) is 4.79 Å². The molecule has 5 heteroatoms. The van der Waals surface area contributed by atoms with Gasteiger partial charge in [-0.15, -0.1) is 0 Å². The smallest absolute Gasteiger partial charge is 0.150 e. The molecule has 0 aliphatic rings. The molecule has 0 unspecified atom stereocenters. The van der Waals surface area contributed by atoms with Crippen molar-refractivity contribution in [2.45, 2.75) is 4.90 Å². The van der Waals surface area contributed by atoms with Crippen LogP contribution in [-0.2, 0) is 0 Å². The number of furan rings is 1. The fourth-order valence-electron chi connectivity index (χ4n) is 1.98. The molecule has 110 valence electrons. The Balaban J connectivity index is 1.87. The molecular formula is C17H12FNO2S. The van der Waals surface area contributed by atoms with Crippen LogP contribution in [0.25, 0.3) is 11.3 Å². The summed E-state index contributed by atoms with van der Waals surface area (Å²) in [5, 5.41) is 0. The molecule has 3 rings (SSSR count). The van der Waals surface area contributed by atoms with Gasteiger partial charge in [0.2, 0.25) is 0 Å². The Labute approximate surface area is 131 Å². The lowest BCUT2D eigenvalue weighted by molar-refractivity contribution is 0.112. The quantitative estimate of drug-likeness (QED) is 0.530. The third-order valence-electron chi connectivity index (χ3n) is 3.06. The first-order valence-corrected chi connectivity index (χ1v) is 7.39. The average Bonchev–Trinajstić information content (AvgIpc) is 3.08. The number of hydrogen-bond acceptors (Lipinski definition) is 4. The van der Waals surface area contributed by atoms with Crippen LogP contribution in [0.5, 0.6) is 0 Å². The average molecular weight is 313 g/mol. The SMILES string of the molecule is O=Cc1ccc(-c2ccco2)c(NSc2ccc(F)cc2)c1. The highest BCUT2D eigenvalue weighted by Gasteiger charge is 2.09. The third-order valence-corrected chi connectivity index (χ3v) is 3.89. The van der Waals surface area contributed by atoms with Gasteiger partial charge in [0.05, 0.1) is 12.0 Å². The van der Waals surface area contributed by atoms with Crippen LogP contribution < -0.4 is 4.72 Å². The standard InChI is InChI=1S/C17H12FNO2S/c18-13-4-6-14(7-5-13)22-19-16-10-12(11-20)3-8-15(16)17-2-1-9-21-17/h1-11,19H. The van der Waals surface area contributed by atoms with E-state index >= 15 is 0 Å². The second-order valence-electron chi connectivity index (χ2n) is 4.56. The van der Waals surface area contributed by atoms with Gasteiger partial charge < -0.3 is 9.14 Å². The zero-order chi connectivity index (χ0) is 15.4. The van der Waals surface area contributed by atoms with Crippen LogP contribution in [0.2, 0.25) is 0 Å². The molecule has 3 aromatic rings. The number of aldehydes is 1. The summed E-state index contributed by atoms with van der Waals surface area (Å²) >= 11 is 1.34. The summed E-state index contributed by atoms with van der Waals surface area (Å²) in [5.74, 6) is 0.434. The van der Waals surface area contributed by atoms with Crippen molar-refractivity contribution in [3.8, 4) is 11.3 Å². The van der Waals surface area contributed by atoms with Gasteiger partial charge in [-0.1, -0.05) is 6.07 Å². The first-order valence-electron chi connectivity index (χ1n) is 6.58. The van der Waals surface area contributed by atoms with Gasteiger partial charge in [-0.25, -0.2) is 4.39 Å². The summed E-state index contributed by atoms with van der Waals surface area (Å²) in [6.45, 7) is 0. The number of halogens is 1. The highest BCUT2D eigenvalue weighted by Crippen LogP contribution is 2.32. The molecule has 0 saturated carbocycles. The lowest BCUT2D eigenvalue weighted by Gasteiger charge is -2.10. The predicted octanol–water partition coefficient (Wildman–Crippen LogP) is 5.02. The maximum Gasteiger partial charge on any atom is 0.150 e. The molecule has 0 fully saturated rings. The predicted molar refractivity (Wildman–Crippen MR) is 85.4 cm³/mol. The Morgan fingerprint density at radius 1 is 1.09 bits per heavy atom. The second-order valence-corrected chi connectivity index (χ2v) is 5.44. The molecule has 0 atom stereocenters. The Morgan fingerprint density at radius 3 is 2.59 bits per heavy atom. The fraction of sp³-hybridized carbons (Fsp3) is 0. The fourth-order valence-corrected chi connectivity index (χ4v) is 2.65. The van der Waals surface area contributed by atoms with Crippen LogP contribution >= 0.6 is 11.9 Å². The molecule has 0 aliphatic carbocycles. The van der Waals surface area contributed by atoms with Gasteiger partial charge in [0.1, 0.15) is 17.9 Å². The third kappa shape index (κ3) is 3.20. The molecule has 3 nitrogen and oxygen atoms in total. The maximum absolute atomic E-state index is 12.9. The van der Waals surface area contributed by atoms with Crippen LogP contribution in [0.15, 0.2) is 70.2 Å². The summed E-state index contributed by atoms with van der Waals surface area (Å²) in [6, 6.07) is 15.1. The minimum atomic E-state index is -0.274. The van der Waals surface area contributed by atoms with E-state index < -0.39 is 0 Å². The van der Waals surface area contributed by atoms with Gasteiger partial charge in [0.15, 0.2) is 0 Å². The van der Waals surface area contributed by atoms with Crippen LogP contribution in [0.3, 0.4) is 0 Å². The molecule has 2 aromatic carbocycles. The Kier molecular flexibility index (Phi) is 4.25. The zero-order valence-electron chi connectivity index (χ0n) is 11.5. The molecule has 0 bridgehead atoms. The van der Waals surface area contributed by atoms with Gasteiger partial charge >= 0.3 is 0 Å². The Morgan fingerprint density at radius 2 is 1.91 bits per heavy atom. The van der Waals surface area contributed by atoms with E-state index in [1.807, 2.05) is 12.1 Å². The summed E-state index contributed by atoms with van der Waals surface area (Å²) < 4.78 is 21.5. The number of carbonyl (C=O) groups is 1. The molecule has 1 N–H and O–H groups in total. The Bertz CT molecular complexity index is 770. The van der Waals surface area contributed by atoms with E-state index in [4.69, 9.17) is 4.42 Å². The highest BCUT2D eigenvalue weighted by atomic mass is 32.2. The van der Waals surface area contributed by atoms with Crippen LogP contribution in [0, 0.1) is 5.82 Å². The molecular weight excluding hydrogens is 301 g/mol. The van der Waals surface area contributed by atoms with Crippen molar-refractivity contribution in [2.75, 3.05) is 4.72 Å². The van der Waals surface area contributed by atoms with Crippen molar-refractivity contribution in [1.29, 1.82) is 0 Å². The molecule has 0 radical (unpaired) electrons. The lowest BCUT2D eigenvalue weighted by atomic mass is 10.1. The monoisotopic (exact) mass is 313 g/mol. The molecule has 0 aliphatic heterocycles. The minimum Gasteiger partial charge on any atom is -0.464 e. The van der Waals surface area contributed by atoms with E-state index in [1.54, 1.807) is 36.6 Å². The number of rotatable bonds is 5. The summed E-state index contributed by atoms with van der Waals surface area (Å²) in [6.07, 6.45) is 2.39. The van der Waals surface area contributed by atoms with Gasteiger partial charge in [0, 0.05) is 16.0 Å². The molecule has 22 heavy (non-hydrogen) atoms. The van der Waals surface area contributed by atoms with E-state index in [9.17, 15) is 9.18 Å². The van der Waals surface area contributed by atoms with Crippen molar-refractivity contribution in [2.24, 2.45) is 0 Å². The minimum absolute atomic E-state index is 0.274. The topological polar surface area (TPSA) is 42.2 Å². The number of carbonyl (C=O) groups excluding carboxylic acids is 1. The zero-order valence-corrected chi connectivity index (χ0v) is 12.3. The normalized spacial score (nSPS) is 10.4. The van der Waals surface area contributed by atoms with E-state index in [1.165, 1.54) is 24.1 Å². The van der Waals surface area contributed by atoms with Crippen molar-refractivity contribution in [1.82, 2.24) is 0 Å². The summed E-state index contributed by atoms with van der Waals surface area (Å²) in [4.78, 5) is 11.8. The summed E-state index contributed by atoms with van der Waals surface area (Å²) in [5.41, 5.74) is 2.18. The first-order chi connectivity index (χ1) is 10.8. The van der Waals surface area contributed by atoms with Gasteiger partial charge in [-0.2, -0.15) is 0 Å². The molecule has 0 saturated heterocycles. The van der Waals surface area contributed by atoms with E-state index in [-0.39, 0.29) is 5.82 Å². The lowest BCUT2D eigenvalue weighted by Crippen LogP contribution is -1.92. The maximum atomic E-state index is 12.9.